The maximum absolute atomic E-state index is 12.7. The summed E-state index contributed by atoms with van der Waals surface area (Å²) in [6, 6.07) is 8.09. The van der Waals surface area contributed by atoms with E-state index < -0.39 is 0 Å². The third-order valence-corrected chi connectivity index (χ3v) is 3.89. The Balaban J connectivity index is 2.01. The Bertz CT molecular complexity index is 660. The Morgan fingerprint density at radius 3 is 2.80 bits per heavy atom. The third kappa shape index (κ3) is 2.01. The minimum absolute atomic E-state index is 0.0950. The molecule has 104 valence electrons. The highest BCUT2D eigenvalue weighted by Gasteiger charge is 2.29. The summed E-state index contributed by atoms with van der Waals surface area (Å²) in [5, 5.41) is 0. The number of fused-ring (bicyclic) bond motifs is 1. The number of anilines is 1. The fourth-order valence-corrected chi connectivity index (χ4v) is 2.81. The molecular weight excluding hydrogens is 252 g/mol. The van der Waals surface area contributed by atoms with Crippen molar-refractivity contribution in [1.29, 1.82) is 0 Å². The molecule has 1 amide bonds. The van der Waals surface area contributed by atoms with Crippen LogP contribution in [0.1, 0.15) is 47.0 Å². The number of carbonyl (C=O) groups excluding carboxylic acids is 1. The van der Waals surface area contributed by atoms with Gasteiger partial charge in [0.1, 0.15) is 0 Å². The molecule has 4 nitrogen and oxygen atoms in total. The van der Waals surface area contributed by atoms with Crippen molar-refractivity contribution in [3.63, 3.8) is 0 Å². The SMILES string of the molecule is Cc1nc(C)c(C(=O)N2CCC(C)c3ccccc32)o1. The van der Waals surface area contributed by atoms with Crippen LogP contribution in [-0.2, 0) is 0 Å². The van der Waals surface area contributed by atoms with E-state index in [1.165, 1.54) is 5.56 Å². The van der Waals surface area contributed by atoms with E-state index in [0.29, 0.717) is 23.3 Å². The lowest BCUT2D eigenvalue weighted by molar-refractivity contribution is 0.0955. The first-order valence-corrected chi connectivity index (χ1v) is 6.92. The Morgan fingerprint density at radius 2 is 2.10 bits per heavy atom. The first-order chi connectivity index (χ1) is 9.58. The van der Waals surface area contributed by atoms with E-state index in [-0.39, 0.29) is 5.91 Å². The maximum atomic E-state index is 12.7. The van der Waals surface area contributed by atoms with E-state index in [1.54, 1.807) is 6.92 Å². The number of para-hydroxylation sites is 1. The minimum Gasteiger partial charge on any atom is -0.436 e. The van der Waals surface area contributed by atoms with Crippen molar-refractivity contribution in [3.8, 4) is 0 Å². The van der Waals surface area contributed by atoms with Crippen molar-refractivity contribution in [1.82, 2.24) is 4.98 Å². The van der Waals surface area contributed by atoms with E-state index in [0.717, 1.165) is 18.7 Å². The Morgan fingerprint density at radius 1 is 1.35 bits per heavy atom. The molecule has 1 unspecified atom stereocenters. The topological polar surface area (TPSA) is 46.3 Å². The van der Waals surface area contributed by atoms with Crippen LogP contribution in [0.4, 0.5) is 5.69 Å². The van der Waals surface area contributed by atoms with Gasteiger partial charge in [-0.25, -0.2) is 4.98 Å². The van der Waals surface area contributed by atoms with Crippen LogP contribution in [0.15, 0.2) is 28.7 Å². The lowest BCUT2D eigenvalue weighted by atomic mass is 9.91. The van der Waals surface area contributed by atoms with E-state index >= 15 is 0 Å². The second kappa shape index (κ2) is 4.78. The number of rotatable bonds is 1. The quantitative estimate of drug-likeness (QED) is 0.797. The molecule has 1 aliphatic rings. The average molecular weight is 270 g/mol. The molecule has 0 N–H and O–H groups in total. The molecule has 20 heavy (non-hydrogen) atoms. The molecule has 2 aromatic rings. The maximum Gasteiger partial charge on any atom is 0.295 e. The predicted molar refractivity (Wildman–Crippen MR) is 77.1 cm³/mol. The molecule has 1 aromatic carbocycles. The largest absolute Gasteiger partial charge is 0.436 e. The van der Waals surface area contributed by atoms with Crippen LogP contribution < -0.4 is 4.90 Å². The number of amides is 1. The van der Waals surface area contributed by atoms with Gasteiger partial charge in [-0.15, -0.1) is 0 Å². The summed E-state index contributed by atoms with van der Waals surface area (Å²) in [6.45, 7) is 6.49. The molecule has 0 saturated carbocycles. The normalized spacial score (nSPS) is 17.9. The monoisotopic (exact) mass is 270 g/mol. The van der Waals surface area contributed by atoms with Crippen molar-refractivity contribution in [2.45, 2.75) is 33.1 Å². The highest BCUT2D eigenvalue weighted by molar-refractivity contribution is 6.05. The second-order valence-electron chi connectivity index (χ2n) is 5.35. The summed E-state index contributed by atoms with van der Waals surface area (Å²) in [6.07, 6.45) is 0.967. The smallest absolute Gasteiger partial charge is 0.295 e. The number of hydrogen-bond donors (Lipinski definition) is 0. The van der Waals surface area contributed by atoms with E-state index in [9.17, 15) is 4.79 Å². The summed E-state index contributed by atoms with van der Waals surface area (Å²) in [5.74, 6) is 1.27. The van der Waals surface area contributed by atoms with Crippen LogP contribution in [-0.4, -0.2) is 17.4 Å². The van der Waals surface area contributed by atoms with Gasteiger partial charge in [-0.05, 0) is 30.9 Å². The molecule has 1 atom stereocenters. The Labute approximate surface area is 118 Å². The van der Waals surface area contributed by atoms with Crippen LogP contribution in [0.25, 0.3) is 0 Å². The summed E-state index contributed by atoms with van der Waals surface area (Å²) in [4.78, 5) is 18.7. The molecule has 1 aromatic heterocycles. The van der Waals surface area contributed by atoms with Gasteiger partial charge in [0.15, 0.2) is 5.89 Å². The first kappa shape index (κ1) is 12.9. The van der Waals surface area contributed by atoms with Crippen molar-refractivity contribution < 1.29 is 9.21 Å². The number of nitrogens with zero attached hydrogens (tertiary/aromatic N) is 2. The van der Waals surface area contributed by atoms with Gasteiger partial charge in [-0.3, -0.25) is 4.79 Å². The third-order valence-electron chi connectivity index (χ3n) is 3.89. The number of aromatic nitrogens is 1. The molecule has 4 heteroatoms. The van der Waals surface area contributed by atoms with Gasteiger partial charge in [0.2, 0.25) is 5.76 Å². The van der Waals surface area contributed by atoms with Gasteiger partial charge >= 0.3 is 0 Å². The average Bonchev–Trinajstić information content (AvgIpc) is 2.78. The molecule has 3 rings (SSSR count). The molecule has 0 radical (unpaired) electrons. The van der Waals surface area contributed by atoms with Gasteiger partial charge in [-0.2, -0.15) is 0 Å². The van der Waals surface area contributed by atoms with Crippen molar-refractivity contribution in [2.75, 3.05) is 11.4 Å². The van der Waals surface area contributed by atoms with Crippen LogP contribution in [0.2, 0.25) is 0 Å². The van der Waals surface area contributed by atoms with Gasteiger partial charge in [0.25, 0.3) is 5.91 Å². The first-order valence-electron chi connectivity index (χ1n) is 6.92. The standard InChI is InChI=1S/C16H18N2O2/c1-10-8-9-18(14-7-5-4-6-13(10)14)16(19)15-11(2)17-12(3)20-15/h4-7,10H,8-9H2,1-3H3. The van der Waals surface area contributed by atoms with Gasteiger partial charge in [0, 0.05) is 19.2 Å². The van der Waals surface area contributed by atoms with Crippen LogP contribution in [0.5, 0.6) is 0 Å². The highest BCUT2D eigenvalue weighted by atomic mass is 16.4. The zero-order chi connectivity index (χ0) is 14.3. The van der Waals surface area contributed by atoms with Gasteiger partial charge in [-0.1, -0.05) is 25.1 Å². The molecule has 0 saturated heterocycles. The number of benzene rings is 1. The summed E-state index contributed by atoms with van der Waals surface area (Å²) in [7, 11) is 0. The second-order valence-corrected chi connectivity index (χ2v) is 5.35. The Hall–Kier alpha value is -2.10. The lowest BCUT2D eigenvalue weighted by Gasteiger charge is -2.32. The van der Waals surface area contributed by atoms with Crippen molar-refractivity contribution in [3.05, 3.63) is 47.2 Å². The molecular formula is C16H18N2O2. The van der Waals surface area contributed by atoms with Crippen molar-refractivity contribution in [2.24, 2.45) is 0 Å². The number of hydrogen-bond acceptors (Lipinski definition) is 3. The van der Waals surface area contributed by atoms with Crippen molar-refractivity contribution >= 4 is 11.6 Å². The summed E-state index contributed by atoms with van der Waals surface area (Å²) in [5.41, 5.74) is 2.87. The molecule has 2 heterocycles. The fraction of sp³-hybridized carbons (Fsp3) is 0.375. The van der Waals surface area contributed by atoms with E-state index in [2.05, 4.69) is 18.0 Å². The van der Waals surface area contributed by atoms with E-state index in [4.69, 9.17) is 4.42 Å². The van der Waals surface area contributed by atoms with E-state index in [1.807, 2.05) is 30.0 Å². The fourth-order valence-electron chi connectivity index (χ4n) is 2.81. The number of aryl methyl sites for hydroxylation is 2. The van der Waals surface area contributed by atoms with Gasteiger partial charge < -0.3 is 9.32 Å². The minimum atomic E-state index is -0.0950. The number of carbonyl (C=O) groups is 1. The zero-order valence-electron chi connectivity index (χ0n) is 12.0. The van der Waals surface area contributed by atoms with Crippen LogP contribution in [0, 0.1) is 13.8 Å². The number of oxazole rings is 1. The predicted octanol–water partition coefficient (Wildman–Crippen LogP) is 3.45. The lowest BCUT2D eigenvalue weighted by Crippen LogP contribution is -2.36. The molecule has 0 bridgehead atoms. The van der Waals surface area contributed by atoms with Crippen LogP contribution in [0.3, 0.4) is 0 Å². The highest BCUT2D eigenvalue weighted by Crippen LogP contribution is 2.35. The molecule has 1 aliphatic heterocycles. The summed E-state index contributed by atoms with van der Waals surface area (Å²) >= 11 is 0. The van der Waals surface area contributed by atoms with Crippen LogP contribution >= 0.6 is 0 Å². The summed E-state index contributed by atoms with van der Waals surface area (Å²) < 4.78 is 5.47. The van der Waals surface area contributed by atoms with Gasteiger partial charge in [0.05, 0.1) is 5.69 Å². The molecule has 0 spiro atoms. The zero-order valence-corrected chi connectivity index (χ0v) is 12.0. The molecule has 0 aliphatic carbocycles. The Kier molecular flexibility index (Phi) is 3.08. The molecule has 0 fully saturated rings.